The molecule has 3 nitrogen and oxygen atoms in total. The van der Waals surface area contributed by atoms with Gasteiger partial charge in [0.1, 0.15) is 0 Å². The summed E-state index contributed by atoms with van der Waals surface area (Å²) >= 11 is 0. The van der Waals surface area contributed by atoms with Crippen molar-refractivity contribution in [3.05, 3.63) is 0 Å². The molecule has 0 atom stereocenters. The zero-order valence-corrected chi connectivity index (χ0v) is 9.50. The van der Waals surface area contributed by atoms with Gasteiger partial charge in [0.05, 0.1) is 0 Å². The second-order valence-electron chi connectivity index (χ2n) is 5.00. The molecule has 0 saturated carbocycles. The molecule has 0 aliphatic carbocycles. The molecule has 2 saturated heterocycles. The van der Waals surface area contributed by atoms with Gasteiger partial charge in [0.2, 0.25) is 0 Å². The lowest BCUT2D eigenvalue weighted by atomic mass is 9.99. The van der Waals surface area contributed by atoms with Gasteiger partial charge in [-0.15, -0.1) is 0 Å². The summed E-state index contributed by atoms with van der Waals surface area (Å²) in [7, 11) is 4.53. The van der Waals surface area contributed by atoms with E-state index in [1.165, 1.54) is 45.6 Å². The van der Waals surface area contributed by atoms with Crippen LogP contribution in [0.25, 0.3) is 0 Å². The summed E-state index contributed by atoms with van der Waals surface area (Å²) in [6, 6.07) is 0.840. The summed E-state index contributed by atoms with van der Waals surface area (Å²) in [4.78, 5) is 5.02. The highest BCUT2D eigenvalue weighted by Gasteiger charge is 2.24. The smallest absolute Gasteiger partial charge is 0.0117 e. The maximum absolute atomic E-state index is 3.34. The Bertz CT molecular complexity index is 171. The number of likely N-dealkylation sites (tertiary alicyclic amines) is 1. The number of rotatable bonds is 3. The standard InChI is InChI=1S/C11H23N3/c1-13-5-3-11(4-6-13)14(2)9-10-7-12-8-10/h10-12H,3-9H2,1-2H3. The Labute approximate surface area is 87.4 Å². The first-order chi connectivity index (χ1) is 6.75. The average Bonchev–Trinajstić information content (AvgIpc) is 2.12. The molecule has 0 aromatic rings. The minimum atomic E-state index is 0.840. The van der Waals surface area contributed by atoms with Crippen molar-refractivity contribution < 1.29 is 0 Å². The van der Waals surface area contributed by atoms with Crippen molar-refractivity contribution in [1.82, 2.24) is 15.1 Å². The van der Waals surface area contributed by atoms with Gasteiger partial charge in [-0.1, -0.05) is 0 Å². The van der Waals surface area contributed by atoms with Gasteiger partial charge in [0, 0.05) is 25.7 Å². The summed E-state index contributed by atoms with van der Waals surface area (Å²) in [5, 5.41) is 3.34. The van der Waals surface area contributed by atoms with Crippen LogP contribution in [0.15, 0.2) is 0 Å². The maximum Gasteiger partial charge on any atom is 0.0117 e. The molecule has 0 radical (unpaired) electrons. The van der Waals surface area contributed by atoms with Crippen LogP contribution >= 0.6 is 0 Å². The minimum absolute atomic E-state index is 0.840. The van der Waals surface area contributed by atoms with Crippen LogP contribution in [0, 0.1) is 5.92 Å². The zero-order chi connectivity index (χ0) is 9.97. The van der Waals surface area contributed by atoms with E-state index < -0.39 is 0 Å². The molecule has 2 heterocycles. The van der Waals surface area contributed by atoms with Gasteiger partial charge in [-0.25, -0.2) is 0 Å². The Balaban J connectivity index is 1.71. The molecule has 82 valence electrons. The van der Waals surface area contributed by atoms with Crippen LogP contribution in [0.2, 0.25) is 0 Å². The second-order valence-corrected chi connectivity index (χ2v) is 5.00. The third kappa shape index (κ3) is 2.47. The number of nitrogens with zero attached hydrogens (tertiary/aromatic N) is 2. The first-order valence-corrected chi connectivity index (χ1v) is 5.85. The number of hydrogen-bond acceptors (Lipinski definition) is 3. The first kappa shape index (κ1) is 10.4. The fourth-order valence-electron chi connectivity index (χ4n) is 2.47. The Morgan fingerprint density at radius 2 is 1.93 bits per heavy atom. The van der Waals surface area contributed by atoms with Crippen LogP contribution < -0.4 is 5.32 Å². The maximum atomic E-state index is 3.34. The molecule has 2 aliphatic rings. The Kier molecular flexibility index (Phi) is 3.42. The van der Waals surface area contributed by atoms with E-state index in [4.69, 9.17) is 0 Å². The largest absolute Gasteiger partial charge is 0.316 e. The van der Waals surface area contributed by atoms with Gasteiger partial charge in [-0.05, 0) is 45.9 Å². The molecule has 0 bridgehead atoms. The van der Waals surface area contributed by atoms with E-state index in [1.807, 2.05) is 0 Å². The molecule has 0 amide bonds. The highest BCUT2D eigenvalue weighted by atomic mass is 15.2. The fraction of sp³-hybridized carbons (Fsp3) is 1.00. The molecule has 0 aromatic carbocycles. The molecule has 0 unspecified atom stereocenters. The van der Waals surface area contributed by atoms with Crippen LogP contribution in [0.4, 0.5) is 0 Å². The fourth-order valence-corrected chi connectivity index (χ4v) is 2.47. The Morgan fingerprint density at radius 1 is 1.29 bits per heavy atom. The Morgan fingerprint density at radius 3 is 2.43 bits per heavy atom. The van der Waals surface area contributed by atoms with Crippen molar-refractivity contribution in [3.63, 3.8) is 0 Å². The van der Waals surface area contributed by atoms with Crippen LogP contribution in [0.3, 0.4) is 0 Å². The third-order valence-corrected chi connectivity index (χ3v) is 3.72. The number of hydrogen-bond donors (Lipinski definition) is 1. The van der Waals surface area contributed by atoms with E-state index >= 15 is 0 Å². The van der Waals surface area contributed by atoms with Crippen molar-refractivity contribution in [2.75, 3.05) is 46.8 Å². The lowest BCUT2D eigenvalue weighted by molar-refractivity contribution is 0.117. The molecule has 1 N–H and O–H groups in total. The van der Waals surface area contributed by atoms with Crippen molar-refractivity contribution >= 4 is 0 Å². The van der Waals surface area contributed by atoms with E-state index in [-0.39, 0.29) is 0 Å². The van der Waals surface area contributed by atoms with E-state index in [0.717, 1.165) is 12.0 Å². The molecular formula is C11H23N3. The third-order valence-electron chi connectivity index (χ3n) is 3.72. The molecule has 2 rings (SSSR count). The molecule has 2 aliphatic heterocycles. The van der Waals surface area contributed by atoms with Gasteiger partial charge in [0.15, 0.2) is 0 Å². The predicted molar refractivity (Wildman–Crippen MR) is 59.5 cm³/mol. The van der Waals surface area contributed by atoms with Crippen molar-refractivity contribution in [3.8, 4) is 0 Å². The first-order valence-electron chi connectivity index (χ1n) is 5.85. The van der Waals surface area contributed by atoms with E-state index in [0.29, 0.717) is 0 Å². The summed E-state index contributed by atoms with van der Waals surface area (Å²) in [5.41, 5.74) is 0. The normalized spacial score (nSPS) is 26.8. The van der Waals surface area contributed by atoms with Crippen LogP contribution in [0.1, 0.15) is 12.8 Å². The van der Waals surface area contributed by atoms with Gasteiger partial charge in [0.25, 0.3) is 0 Å². The minimum Gasteiger partial charge on any atom is -0.316 e. The lowest BCUT2D eigenvalue weighted by Gasteiger charge is -2.38. The van der Waals surface area contributed by atoms with Crippen LogP contribution in [-0.2, 0) is 0 Å². The van der Waals surface area contributed by atoms with E-state index in [9.17, 15) is 0 Å². The molecule has 3 heteroatoms. The predicted octanol–water partition coefficient (Wildman–Crippen LogP) is 0.232. The van der Waals surface area contributed by atoms with E-state index in [2.05, 4.69) is 29.2 Å². The highest BCUT2D eigenvalue weighted by molar-refractivity contribution is 4.82. The van der Waals surface area contributed by atoms with Gasteiger partial charge >= 0.3 is 0 Å². The second kappa shape index (κ2) is 4.60. The summed E-state index contributed by atoms with van der Waals surface area (Å²) in [6.07, 6.45) is 2.71. The molecular weight excluding hydrogens is 174 g/mol. The van der Waals surface area contributed by atoms with Crippen molar-refractivity contribution in [1.29, 1.82) is 0 Å². The monoisotopic (exact) mass is 197 g/mol. The SMILES string of the molecule is CN1CCC(N(C)CC2CNC2)CC1. The number of nitrogens with one attached hydrogen (secondary N) is 1. The zero-order valence-electron chi connectivity index (χ0n) is 9.50. The summed E-state index contributed by atoms with van der Waals surface area (Å²) in [5.74, 6) is 0.916. The van der Waals surface area contributed by atoms with Crippen LogP contribution in [-0.4, -0.2) is 62.7 Å². The molecule has 14 heavy (non-hydrogen) atoms. The Hall–Kier alpha value is -0.120. The van der Waals surface area contributed by atoms with Gasteiger partial charge in [-0.2, -0.15) is 0 Å². The summed E-state index contributed by atoms with van der Waals surface area (Å²) < 4.78 is 0. The molecule has 0 spiro atoms. The lowest BCUT2D eigenvalue weighted by Crippen LogP contribution is -2.51. The number of piperidine rings is 1. The van der Waals surface area contributed by atoms with Crippen molar-refractivity contribution in [2.24, 2.45) is 5.92 Å². The van der Waals surface area contributed by atoms with Crippen LogP contribution in [0.5, 0.6) is 0 Å². The average molecular weight is 197 g/mol. The highest BCUT2D eigenvalue weighted by Crippen LogP contribution is 2.16. The summed E-state index contributed by atoms with van der Waals surface area (Å²) in [6.45, 7) is 6.31. The van der Waals surface area contributed by atoms with E-state index in [1.54, 1.807) is 0 Å². The van der Waals surface area contributed by atoms with Gasteiger partial charge in [-0.3, -0.25) is 0 Å². The molecule has 2 fully saturated rings. The topological polar surface area (TPSA) is 18.5 Å². The van der Waals surface area contributed by atoms with Gasteiger partial charge < -0.3 is 15.1 Å². The van der Waals surface area contributed by atoms with Crippen molar-refractivity contribution in [2.45, 2.75) is 18.9 Å². The quantitative estimate of drug-likeness (QED) is 0.699. The molecule has 0 aromatic heterocycles.